The van der Waals surface area contributed by atoms with E-state index in [1.54, 1.807) is 29.3 Å². The average Bonchev–Trinajstić information content (AvgIpc) is 3.24. The SMILES string of the molecule is O=C(NCCCCCCSSc1ccccn1)c1cc(-c2cccnc2)n[nH]1. The van der Waals surface area contributed by atoms with E-state index in [4.69, 9.17) is 0 Å². The maximum Gasteiger partial charge on any atom is 0.269 e. The number of rotatable bonds is 11. The number of nitrogens with zero attached hydrogens (tertiary/aromatic N) is 3. The Morgan fingerprint density at radius 3 is 2.82 bits per heavy atom. The molecule has 28 heavy (non-hydrogen) atoms. The number of carbonyl (C=O) groups excluding carboxylic acids is 1. The lowest BCUT2D eigenvalue weighted by Crippen LogP contribution is -2.24. The first-order chi connectivity index (χ1) is 13.8. The summed E-state index contributed by atoms with van der Waals surface area (Å²) >= 11 is 0. The Labute approximate surface area is 172 Å². The lowest BCUT2D eigenvalue weighted by molar-refractivity contribution is 0.0948. The molecule has 146 valence electrons. The van der Waals surface area contributed by atoms with Crippen LogP contribution in [0.3, 0.4) is 0 Å². The molecule has 0 aliphatic carbocycles. The minimum atomic E-state index is -0.120. The van der Waals surface area contributed by atoms with Gasteiger partial charge in [0.1, 0.15) is 10.7 Å². The molecule has 0 bridgehead atoms. The fraction of sp³-hybridized carbons (Fsp3) is 0.300. The van der Waals surface area contributed by atoms with Gasteiger partial charge in [-0.15, -0.1) is 0 Å². The fourth-order valence-electron chi connectivity index (χ4n) is 2.54. The van der Waals surface area contributed by atoms with Gasteiger partial charge in [0.15, 0.2) is 0 Å². The van der Waals surface area contributed by atoms with Crippen molar-refractivity contribution in [2.45, 2.75) is 30.7 Å². The average molecular weight is 414 g/mol. The third-order valence-corrected chi connectivity index (χ3v) is 6.35. The number of H-pyrrole nitrogens is 1. The molecule has 2 N–H and O–H groups in total. The molecule has 3 rings (SSSR count). The van der Waals surface area contributed by atoms with Crippen LogP contribution in [0, 0.1) is 0 Å². The number of hydrogen-bond acceptors (Lipinski definition) is 6. The number of nitrogens with one attached hydrogen (secondary N) is 2. The predicted molar refractivity (Wildman–Crippen MR) is 115 cm³/mol. The van der Waals surface area contributed by atoms with E-state index in [-0.39, 0.29) is 5.91 Å². The van der Waals surface area contributed by atoms with Gasteiger partial charge in [-0.25, -0.2) is 4.98 Å². The molecule has 0 atom stereocenters. The Morgan fingerprint density at radius 1 is 1.07 bits per heavy atom. The summed E-state index contributed by atoms with van der Waals surface area (Å²) in [5, 5.41) is 11.0. The molecule has 6 nitrogen and oxygen atoms in total. The van der Waals surface area contributed by atoms with Crippen LogP contribution in [0.2, 0.25) is 0 Å². The normalized spacial score (nSPS) is 10.7. The van der Waals surface area contributed by atoms with E-state index in [2.05, 4.69) is 25.5 Å². The summed E-state index contributed by atoms with van der Waals surface area (Å²) in [5.41, 5.74) is 2.08. The molecular formula is C20H23N5OS2. The van der Waals surface area contributed by atoms with Crippen molar-refractivity contribution in [2.24, 2.45) is 0 Å². The van der Waals surface area contributed by atoms with Crippen LogP contribution in [0.15, 0.2) is 60.0 Å². The third kappa shape index (κ3) is 6.69. The van der Waals surface area contributed by atoms with Crippen molar-refractivity contribution in [3.8, 4) is 11.3 Å². The van der Waals surface area contributed by atoms with Crippen molar-refractivity contribution in [1.82, 2.24) is 25.5 Å². The molecule has 3 aromatic heterocycles. The van der Waals surface area contributed by atoms with Gasteiger partial charge in [-0.05, 0) is 54.0 Å². The monoisotopic (exact) mass is 413 g/mol. The summed E-state index contributed by atoms with van der Waals surface area (Å²) in [7, 11) is 3.57. The Morgan fingerprint density at radius 2 is 2.00 bits per heavy atom. The lowest BCUT2D eigenvalue weighted by atomic mass is 10.2. The van der Waals surface area contributed by atoms with Gasteiger partial charge in [0, 0.05) is 36.5 Å². The maximum atomic E-state index is 12.2. The molecule has 3 aromatic rings. The molecule has 0 saturated carbocycles. The third-order valence-electron chi connectivity index (χ3n) is 4.00. The number of unbranched alkanes of at least 4 members (excludes halogenated alkanes) is 3. The van der Waals surface area contributed by atoms with Crippen molar-refractivity contribution in [2.75, 3.05) is 12.3 Å². The van der Waals surface area contributed by atoms with Crippen LogP contribution in [0.25, 0.3) is 11.3 Å². The zero-order chi connectivity index (χ0) is 19.4. The van der Waals surface area contributed by atoms with Gasteiger partial charge >= 0.3 is 0 Å². The number of pyridine rings is 2. The molecule has 0 aliphatic heterocycles. The molecule has 0 fully saturated rings. The first kappa shape index (κ1) is 20.4. The van der Waals surface area contributed by atoms with E-state index >= 15 is 0 Å². The van der Waals surface area contributed by atoms with Crippen LogP contribution in [0.4, 0.5) is 0 Å². The van der Waals surface area contributed by atoms with Crippen LogP contribution in [0.5, 0.6) is 0 Å². The Hall–Kier alpha value is -2.32. The highest BCUT2D eigenvalue weighted by atomic mass is 33.1. The van der Waals surface area contributed by atoms with Crippen molar-refractivity contribution < 1.29 is 4.79 Å². The molecule has 0 unspecified atom stereocenters. The summed E-state index contributed by atoms with van der Waals surface area (Å²) in [6.45, 7) is 0.676. The molecular weight excluding hydrogens is 390 g/mol. The smallest absolute Gasteiger partial charge is 0.269 e. The minimum absolute atomic E-state index is 0.120. The standard InChI is InChI=1S/C20H23N5OS2/c26-20(18-14-17(24-25-18)16-8-7-10-21-15-16)23-12-4-1-2-6-13-27-28-19-9-3-5-11-22-19/h3,5,7-11,14-15H,1-2,4,6,12-13H2,(H,23,26)(H,24,25). The van der Waals surface area contributed by atoms with Crippen molar-refractivity contribution in [3.05, 3.63) is 60.7 Å². The van der Waals surface area contributed by atoms with Crippen LogP contribution < -0.4 is 5.32 Å². The molecule has 0 radical (unpaired) electrons. The molecule has 0 aromatic carbocycles. The van der Waals surface area contributed by atoms with Crippen LogP contribution in [0.1, 0.15) is 36.2 Å². The molecule has 3 heterocycles. The summed E-state index contributed by atoms with van der Waals surface area (Å²) in [6, 6.07) is 11.5. The van der Waals surface area contributed by atoms with E-state index in [0.717, 1.165) is 34.9 Å². The zero-order valence-electron chi connectivity index (χ0n) is 15.5. The van der Waals surface area contributed by atoms with E-state index in [1.165, 1.54) is 12.8 Å². The van der Waals surface area contributed by atoms with Crippen molar-refractivity contribution >= 4 is 27.5 Å². The molecule has 0 aliphatic rings. The number of amides is 1. The number of hydrogen-bond donors (Lipinski definition) is 2. The van der Waals surface area contributed by atoms with Gasteiger partial charge in [-0.1, -0.05) is 29.7 Å². The highest BCUT2D eigenvalue weighted by Crippen LogP contribution is 2.29. The fourth-order valence-corrected chi connectivity index (χ4v) is 4.56. The Balaban J connectivity index is 1.24. The van der Waals surface area contributed by atoms with Gasteiger partial charge in [-0.2, -0.15) is 5.10 Å². The Bertz CT molecular complexity index is 842. The van der Waals surface area contributed by atoms with Crippen LogP contribution in [-0.4, -0.2) is 38.4 Å². The summed E-state index contributed by atoms with van der Waals surface area (Å²) in [4.78, 5) is 20.5. The van der Waals surface area contributed by atoms with Crippen LogP contribution in [-0.2, 0) is 0 Å². The Kier molecular flexibility index (Phi) is 8.39. The molecule has 8 heteroatoms. The second-order valence-electron chi connectivity index (χ2n) is 6.15. The second kappa shape index (κ2) is 11.5. The van der Waals surface area contributed by atoms with Gasteiger partial charge in [0.05, 0.1) is 5.69 Å². The van der Waals surface area contributed by atoms with E-state index in [9.17, 15) is 4.79 Å². The van der Waals surface area contributed by atoms with Gasteiger partial charge < -0.3 is 5.32 Å². The largest absolute Gasteiger partial charge is 0.351 e. The lowest BCUT2D eigenvalue weighted by Gasteiger charge is -2.04. The summed E-state index contributed by atoms with van der Waals surface area (Å²) in [6.07, 6.45) is 9.69. The van der Waals surface area contributed by atoms with E-state index < -0.39 is 0 Å². The highest BCUT2D eigenvalue weighted by molar-refractivity contribution is 8.76. The zero-order valence-corrected chi connectivity index (χ0v) is 17.1. The summed E-state index contributed by atoms with van der Waals surface area (Å²) < 4.78 is 0. The second-order valence-corrected chi connectivity index (χ2v) is 8.59. The van der Waals surface area contributed by atoms with Gasteiger partial charge in [0.25, 0.3) is 5.91 Å². The maximum absolute atomic E-state index is 12.2. The quantitative estimate of drug-likeness (QED) is 0.353. The first-order valence-electron chi connectivity index (χ1n) is 9.27. The molecule has 1 amide bonds. The van der Waals surface area contributed by atoms with Gasteiger partial charge in [-0.3, -0.25) is 14.9 Å². The van der Waals surface area contributed by atoms with Crippen molar-refractivity contribution in [1.29, 1.82) is 0 Å². The molecule has 0 saturated heterocycles. The van der Waals surface area contributed by atoms with E-state index in [1.807, 2.05) is 47.3 Å². The number of carbonyl (C=O) groups is 1. The topological polar surface area (TPSA) is 83.6 Å². The number of aromatic amines is 1. The minimum Gasteiger partial charge on any atom is -0.351 e. The van der Waals surface area contributed by atoms with Crippen molar-refractivity contribution in [3.63, 3.8) is 0 Å². The predicted octanol–water partition coefficient (Wildman–Crippen LogP) is 4.60. The van der Waals surface area contributed by atoms with Crippen LogP contribution >= 0.6 is 21.6 Å². The highest BCUT2D eigenvalue weighted by Gasteiger charge is 2.10. The number of aromatic nitrogens is 4. The first-order valence-corrected chi connectivity index (χ1v) is 11.6. The summed E-state index contributed by atoms with van der Waals surface area (Å²) in [5.74, 6) is 0.990. The molecule has 0 spiro atoms. The van der Waals surface area contributed by atoms with E-state index in [0.29, 0.717) is 12.2 Å². The van der Waals surface area contributed by atoms with Gasteiger partial charge in [0.2, 0.25) is 0 Å².